The van der Waals surface area contributed by atoms with E-state index in [0.717, 1.165) is 19.5 Å². The maximum atomic E-state index is 12.3. The van der Waals surface area contributed by atoms with E-state index in [2.05, 4.69) is 25.7 Å². The van der Waals surface area contributed by atoms with Crippen LogP contribution < -0.4 is 5.73 Å². The highest BCUT2D eigenvalue weighted by Crippen LogP contribution is 2.47. The van der Waals surface area contributed by atoms with Gasteiger partial charge in [0.05, 0.1) is 0 Å². The number of likely N-dealkylation sites (tertiary alicyclic amines) is 1. The lowest BCUT2D eigenvalue weighted by Crippen LogP contribution is -2.41. The van der Waals surface area contributed by atoms with E-state index in [0.29, 0.717) is 18.4 Å². The Bertz CT molecular complexity index is 430. The third kappa shape index (κ3) is 2.62. The first-order chi connectivity index (χ1) is 9.32. The van der Waals surface area contributed by atoms with Crippen LogP contribution in [-0.4, -0.2) is 36.2 Å². The zero-order chi connectivity index (χ0) is 15.0. The van der Waals surface area contributed by atoms with Crippen LogP contribution in [0.15, 0.2) is 24.8 Å². The number of hydrogen-bond acceptors (Lipinski definition) is 3. The number of carbonyl (C=O) groups is 1. The second-order valence-corrected chi connectivity index (χ2v) is 6.76. The molecule has 2 aliphatic rings. The Balaban J connectivity index is 2.10. The van der Waals surface area contributed by atoms with Gasteiger partial charge < -0.3 is 15.4 Å². The minimum absolute atomic E-state index is 0.0703. The van der Waals surface area contributed by atoms with Gasteiger partial charge in [0.2, 0.25) is 0 Å². The fraction of sp³-hybridized carbons (Fsp3) is 0.688. The molecule has 0 radical (unpaired) electrons. The van der Waals surface area contributed by atoms with Crippen molar-refractivity contribution in [3.63, 3.8) is 0 Å². The number of amides is 1. The Morgan fingerprint density at radius 2 is 2.35 bits per heavy atom. The number of rotatable bonds is 3. The Labute approximate surface area is 121 Å². The lowest BCUT2D eigenvalue weighted by Gasteiger charge is -2.39. The average molecular weight is 278 g/mol. The highest BCUT2D eigenvalue weighted by molar-refractivity contribution is 5.69. The molecule has 20 heavy (non-hydrogen) atoms. The van der Waals surface area contributed by atoms with Crippen molar-refractivity contribution in [2.75, 3.05) is 19.6 Å². The maximum absolute atomic E-state index is 12.3. The highest BCUT2D eigenvalue weighted by Gasteiger charge is 2.49. The molecule has 3 atom stereocenters. The molecule has 0 aromatic heterocycles. The lowest BCUT2D eigenvalue weighted by atomic mass is 9.66. The van der Waals surface area contributed by atoms with Crippen LogP contribution in [0, 0.1) is 17.3 Å². The molecule has 4 heteroatoms. The first-order valence-electron chi connectivity index (χ1n) is 7.30. The predicted octanol–water partition coefficient (Wildman–Crippen LogP) is 2.56. The van der Waals surface area contributed by atoms with E-state index in [1.807, 2.05) is 18.7 Å². The quantitative estimate of drug-likeness (QED) is 0.807. The molecule has 1 amide bonds. The fourth-order valence-corrected chi connectivity index (χ4v) is 3.26. The Morgan fingerprint density at radius 3 is 2.95 bits per heavy atom. The van der Waals surface area contributed by atoms with Gasteiger partial charge in [-0.15, -0.1) is 0 Å². The monoisotopic (exact) mass is 278 g/mol. The third-order valence-electron chi connectivity index (χ3n) is 4.90. The number of carbonyl (C=O) groups excluding carboxylic acids is 1. The Morgan fingerprint density at radius 1 is 1.65 bits per heavy atom. The number of hydrogen-bond donors (Lipinski definition) is 1. The molecule has 2 N–H and O–H groups in total. The number of allylic oxidation sites excluding steroid dienone is 1. The number of ether oxygens (including phenoxy) is 1. The summed E-state index contributed by atoms with van der Waals surface area (Å²) in [5, 5.41) is 0. The second-order valence-electron chi connectivity index (χ2n) is 6.76. The molecule has 112 valence electrons. The van der Waals surface area contributed by atoms with Gasteiger partial charge in [-0.1, -0.05) is 25.7 Å². The largest absolute Gasteiger partial charge is 0.439 e. The minimum Gasteiger partial charge on any atom is -0.439 e. The summed E-state index contributed by atoms with van der Waals surface area (Å²) < 4.78 is 5.50. The minimum atomic E-state index is -0.630. The van der Waals surface area contributed by atoms with E-state index in [9.17, 15) is 4.79 Å². The molecule has 1 aliphatic carbocycles. The summed E-state index contributed by atoms with van der Waals surface area (Å²) in [4.78, 5) is 14.1. The van der Waals surface area contributed by atoms with Crippen molar-refractivity contribution < 1.29 is 9.53 Å². The van der Waals surface area contributed by atoms with E-state index in [1.54, 1.807) is 6.08 Å². The third-order valence-corrected chi connectivity index (χ3v) is 4.90. The van der Waals surface area contributed by atoms with E-state index in [1.165, 1.54) is 0 Å². The van der Waals surface area contributed by atoms with Gasteiger partial charge in [-0.25, -0.2) is 4.79 Å². The molecule has 1 saturated heterocycles. The molecule has 0 spiro atoms. The van der Waals surface area contributed by atoms with Crippen molar-refractivity contribution in [3.05, 3.63) is 24.8 Å². The molecular formula is C16H26N2O2. The number of fused-ring (bicyclic) bond motifs is 1. The molecule has 0 saturated carbocycles. The SMILES string of the molecule is C=CC(C)(C)OC(=O)N1C[C@H]2C=CC[C@@H](CN)[C@]2(C)C1. The summed E-state index contributed by atoms with van der Waals surface area (Å²) >= 11 is 0. The summed E-state index contributed by atoms with van der Waals surface area (Å²) in [5.74, 6) is 0.812. The first-order valence-corrected chi connectivity index (χ1v) is 7.30. The van der Waals surface area contributed by atoms with Crippen LogP contribution in [0.25, 0.3) is 0 Å². The van der Waals surface area contributed by atoms with Crippen molar-refractivity contribution in [3.8, 4) is 0 Å². The van der Waals surface area contributed by atoms with Gasteiger partial charge in [0.25, 0.3) is 0 Å². The standard InChI is InChI=1S/C16H26N2O2/c1-5-15(2,3)20-14(19)18-10-13-8-6-7-12(9-17)16(13,4)11-18/h5-6,8,12-13H,1,7,9-11,17H2,2-4H3/t12-,13+,16-/m0/s1. The van der Waals surface area contributed by atoms with Gasteiger partial charge in [-0.3, -0.25) is 0 Å². The van der Waals surface area contributed by atoms with Crippen LogP contribution in [0.1, 0.15) is 27.2 Å². The molecule has 1 fully saturated rings. The molecule has 1 heterocycles. The van der Waals surface area contributed by atoms with Gasteiger partial charge in [0.15, 0.2) is 0 Å². The predicted molar refractivity (Wildman–Crippen MR) is 80.2 cm³/mol. The molecule has 0 bridgehead atoms. The van der Waals surface area contributed by atoms with Crippen LogP contribution in [-0.2, 0) is 4.74 Å². The highest BCUT2D eigenvalue weighted by atomic mass is 16.6. The van der Waals surface area contributed by atoms with Crippen molar-refractivity contribution in [1.82, 2.24) is 4.90 Å². The Kier molecular flexibility index (Phi) is 3.96. The van der Waals surface area contributed by atoms with Crippen LogP contribution in [0.5, 0.6) is 0 Å². The topological polar surface area (TPSA) is 55.6 Å². The Hall–Kier alpha value is -1.29. The van der Waals surface area contributed by atoms with Crippen molar-refractivity contribution in [2.24, 2.45) is 23.0 Å². The molecule has 0 aromatic carbocycles. The smallest absolute Gasteiger partial charge is 0.410 e. The molecule has 2 rings (SSSR count). The van der Waals surface area contributed by atoms with Gasteiger partial charge in [0.1, 0.15) is 5.60 Å². The molecule has 4 nitrogen and oxygen atoms in total. The second kappa shape index (κ2) is 5.24. The zero-order valence-corrected chi connectivity index (χ0v) is 12.8. The lowest BCUT2D eigenvalue weighted by molar-refractivity contribution is 0.0424. The average Bonchev–Trinajstić information content (AvgIpc) is 2.75. The molecule has 0 unspecified atom stereocenters. The van der Waals surface area contributed by atoms with E-state index >= 15 is 0 Å². The van der Waals surface area contributed by atoms with Gasteiger partial charge >= 0.3 is 6.09 Å². The van der Waals surface area contributed by atoms with Crippen LogP contribution in [0.3, 0.4) is 0 Å². The van der Waals surface area contributed by atoms with Crippen LogP contribution in [0.2, 0.25) is 0 Å². The van der Waals surface area contributed by atoms with Gasteiger partial charge in [-0.05, 0) is 44.2 Å². The van der Waals surface area contributed by atoms with Crippen molar-refractivity contribution in [1.29, 1.82) is 0 Å². The van der Waals surface area contributed by atoms with Gasteiger partial charge in [-0.2, -0.15) is 0 Å². The molecule has 0 aromatic rings. The van der Waals surface area contributed by atoms with E-state index in [4.69, 9.17) is 10.5 Å². The molecular weight excluding hydrogens is 252 g/mol. The van der Waals surface area contributed by atoms with E-state index < -0.39 is 5.60 Å². The van der Waals surface area contributed by atoms with E-state index in [-0.39, 0.29) is 11.5 Å². The summed E-state index contributed by atoms with van der Waals surface area (Å²) in [5.41, 5.74) is 5.35. The summed E-state index contributed by atoms with van der Waals surface area (Å²) in [7, 11) is 0. The maximum Gasteiger partial charge on any atom is 0.410 e. The van der Waals surface area contributed by atoms with Crippen molar-refractivity contribution >= 4 is 6.09 Å². The summed E-state index contributed by atoms with van der Waals surface area (Å²) in [6.07, 6.45) is 6.84. The fourth-order valence-electron chi connectivity index (χ4n) is 3.26. The van der Waals surface area contributed by atoms with Crippen LogP contribution in [0.4, 0.5) is 4.79 Å². The summed E-state index contributed by atoms with van der Waals surface area (Å²) in [6, 6.07) is 0. The number of nitrogens with zero attached hydrogens (tertiary/aromatic N) is 1. The molecule has 1 aliphatic heterocycles. The normalized spacial score (nSPS) is 32.9. The first kappa shape index (κ1) is 15.1. The van der Waals surface area contributed by atoms with Crippen molar-refractivity contribution in [2.45, 2.75) is 32.8 Å². The number of nitrogens with two attached hydrogens (primary N) is 1. The zero-order valence-electron chi connectivity index (χ0n) is 12.8. The summed E-state index contributed by atoms with van der Waals surface area (Å²) in [6.45, 7) is 11.7. The van der Waals surface area contributed by atoms with Gasteiger partial charge in [0, 0.05) is 19.0 Å². The van der Waals surface area contributed by atoms with Crippen LogP contribution >= 0.6 is 0 Å².